The summed E-state index contributed by atoms with van der Waals surface area (Å²) in [6, 6.07) is 17.7. The van der Waals surface area contributed by atoms with Crippen molar-refractivity contribution in [2.24, 2.45) is 0 Å². The molecule has 2 aromatic carbocycles. The summed E-state index contributed by atoms with van der Waals surface area (Å²) in [5.74, 6) is -14.1. The summed E-state index contributed by atoms with van der Waals surface area (Å²) in [5, 5.41) is 140. The fraction of sp³-hybridized carbons (Fsp3) is 0.642. The van der Waals surface area contributed by atoms with Gasteiger partial charge in [-0.2, -0.15) is 0 Å². The van der Waals surface area contributed by atoms with Gasteiger partial charge in [-0.15, -0.1) is 0 Å². The first-order valence-electron chi connectivity index (χ1n) is 35.2. The molecule has 0 spiro atoms. The maximum absolute atomic E-state index is 13.3. The number of phosphoric ester groups is 1. The second-order valence-corrected chi connectivity index (χ2v) is 28.0. The van der Waals surface area contributed by atoms with Crippen LogP contribution in [0.1, 0.15) is 36.8 Å². The molecule has 2 aromatic rings. The number of aliphatic hydroxyl groups is 3. The van der Waals surface area contributed by atoms with E-state index >= 15 is 0 Å². The maximum atomic E-state index is 13.3. The zero-order valence-corrected chi connectivity index (χ0v) is 62.0. The number of hydrogen-bond donors (Lipinski definition) is 16. The van der Waals surface area contributed by atoms with Crippen LogP contribution in [0.3, 0.4) is 0 Å². The van der Waals surface area contributed by atoms with Crippen molar-refractivity contribution in [3.8, 4) is 0 Å². The molecule has 1 saturated carbocycles. The molecule has 0 bridgehead atoms. The Labute approximate surface area is 633 Å². The highest BCUT2D eigenvalue weighted by atomic mass is 31.2. The Balaban J connectivity index is 0.000000457. The van der Waals surface area contributed by atoms with Crippen LogP contribution in [-0.2, 0) is 76.6 Å². The minimum Gasteiger partial charge on any atom is -0.480 e. The standard InChI is InChI=1S/C33H44N3O14P.C18H34N4O9.C16H28N4O8/c37-28(38)18-34(15-16-35(19-29(39)40)20-30(41)42)17-26(36(21-31(43)44)22-32(45)46)23-49-51(47,48)50-27-11-13-33(14-12-27,24-7-3-1-4-8-24)25-9-5-2-6-10-25;23-12-14(15(25)13-24)22-7-5-20(10-17(28)29)3-1-19(9-16(26)27)2-4-21(6-8-22)11-18(30)31;21-13(22)9-17-1-2-18(10-14(23)24)5-6-20(12-16(27)28)8-7-19(4-3-17)11-15(25)26/h1-10,26-27H,11-23H2,(H,37,38)(H,39,40)(H,41,42)(H,43,44)(H,45,46)(H,47,48);14-15,23-25H,1-13H2,(H,26,27)(H,28,29)(H,30,31);1-12H2,(H,21,22)(H,23,24)(H,25,26)(H,27,28). The van der Waals surface area contributed by atoms with Crippen molar-refractivity contribution in [2.45, 2.75) is 55.4 Å². The molecule has 4 atom stereocenters. The normalized spacial score (nSPS) is 18.5. The van der Waals surface area contributed by atoms with Gasteiger partial charge in [-0.25, -0.2) is 4.57 Å². The number of aliphatic carboxylic acids is 12. The van der Waals surface area contributed by atoms with Crippen LogP contribution in [0.4, 0.5) is 0 Å². The van der Waals surface area contributed by atoms with Crippen molar-refractivity contribution < 1.29 is 153 Å². The second-order valence-electron chi connectivity index (χ2n) is 26.6. The first kappa shape index (κ1) is 95.8. The number of carboxylic acid groups (broad SMARTS) is 12. The largest absolute Gasteiger partial charge is 0.480 e. The van der Waals surface area contributed by atoms with Crippen molar-refractivity contribution in [1.82, 2.24) is 53.9 Å². The van der Waals surface area contributed by atoms with Gasteiger partial charge in [0.25, 0.3) is 0 Å². The number of rotatable bonds is 41. The summed E-state index contributed by atoms with van der Waals surface area (Å²) in [6.07, 6.45) is 0.0488. The lowest BCUT2D eigenvalue weighted by atomic mass is 9.65. The number of carboxylic acids is 12. The van der Waals surface area contributed by atoms with Crippen LogP contribution in [0.15, 0.2) is 60.7 Å². The van der Waals surface area contributed by atoms with Crippen LogP contribution in [0.2, 0.25) is 0 Å². The summed E-state index contributed by atoms with van der Waals surface area (Å²) in [7, 11) is -4.84. The Kier molecular flexibility index (Phi) is 44.0. The predicted octanol–water partition coefficient (Wildman–Crippen LogP) is -4.53. The van der Waals surface area contributed by atoms with Crippen LogP contribution >= 0.6 is 7.82 Å². The minimum atomic E-state index is -4.84. The van der Waals surface area contributed by atoms with E-state index in [9.17, 15) is 108 Å². The van der Waals surface area contributed by atoms with Gasteiger partial charge in [-0.1, -0.05) is 60.7 Å². The number of carbonyl (C=O) groups is 12. The van der Waals surface area contributed by atoms with E-state index in [0.29, 0.717) is 78.0 Å². The van der Waals surface area contributed by atoms with Crippen LogP contribution in [0.25, 0.3) is 0 Å². The Morgan fingerprint density at radius 2 is 0.691 bits per heavy atom. The third-order valence-electron chi connectivity index (χ3n) is 18.2. The highest BCUT2D eigenvalue weighted by Gasteiger charge is 2.42. The Bertz CT molecular complexity index is 3060. The highest BCUT2D eigenvalue weighted by molar-refractivity contribution is 7.47. The van der Waals surface area contributed by atoms with Gasteiger partial charge in [0.2, 0.25) is 0 Å². The van der Waals surface area contributed by atoms with Crippen molar-refractivity contribution in [2.75, 3.05) is 223 Å². The van der Waals surface area contributed by atoms with E-state index < -0.39 is 163 Å². The summed E-state index contributed by atoms with van der Waals surface area (Å²) >= 11 is 0. The molecule has 5 rings (SSSR count). The lowest BCUT2D eigenvalue weighted by Crippen LogP contribution is -2.54. The first-order chi connectivity index (χ1) is 51.9. The maximum Gasteiger partial charge on any atom is 0.472 e. The lowest BCUT2D eigenvalue weighted by molar-refractivity contribution is -0.145. The number of phosphoric acid groups is 1. The highest BCUT2D eigenvalue weighted by Crippen LogP contribution is 2.51. The molecule has 0 radical (unpaired) electrons. The van der Waals surface area contributed by atoms with Crippen molar-refractivity contribution in [3.05, 3.63) is 71.8 Å². The van der Waals surface area contributed by atoms with Gasteiger partial charge in [0.05, 0.1) is 117 Å². The molecule has 620 valence electrons. The molecule has 43 heteroatoms. The molecule has 4 unspecified atom stereocenters. The Morgan fingerprint density at radius 3 is 0.964 bits per heavy atom. The van der Waals surface area contributed by atoms with Gasteiger partial charge in [-0.05, 0) is 36.8 Å². The third-order valence-corrected chi connectivity index (χ3v) is 19.3. The topological polar surface area (TPSA) is 600 Å². The van der Waals surface area contributed by atoms with Crippen molar-refractivity contribution in [3.63, 3.8) is 0 Å². The summed E-state index contributed by atoms with van der Waals surface area (Å²) in [5.41, 5.74) is 1.83. The molecule has 3 fully saturated rings. The van der Waals surface area contributed by atoms with Crippen LogP contribution in [0.5, 0.6) is 0 Å². The molecule has 1 aliphatic carbocycles. The summed E-state index contributed by atoms with van der Waals surface area (Å²) in [4.78, 5) is 163. The first-order valence-corrected chi connectivity index (χ1v) is 36.7. The van der Waals surface area contributed by atoms with E-state index in [-0.39, 0.29) is 117 Å². The molecule has 110 heavy (non-hydrogen) atoms. The zero-order valence-electron chi connectivity index (χ0n) is 61.1. The van der Waals surface area contributed by atoms with E-state index in [1.54, 1.807) is 39.2 Å². The van der Waals surface area contributed by atoms with E-state index in [1.165, 1.54) is 4.90 Å². The third kappa shape index (κ3) is 40.0. The molecule has 16 N–H and O–H groups in total. The van der Waals surface area contributed by atoms with Crippen molar-refractivity contribution >= 4 is 79.5 Å². The number of aliphatic hydroxyl groups excluding tert-OH is 3. The Hall–Kier alpha value is -8.37. The van der Waals surface area contributed by atoms with Crippen molar-refractivity contribution in [1.29, 1.82) is 0 Å². The number of benzene rings is 2. The molecule has 0 amide bonds. The van der Waals surface area contributed by atoms with E-state index in [0.717, 1.165) is 20.9 Å². The fourth-order valence-electron chi connectivity index (χ4n) is 12.9. The molecule has 2 saturated heterocycles. The molecule has 0 aromatic heterocycles. The van der Waals surface area contributed by atoms with E-state index in [4.69, 9.17) is 44.8 Å². The van der Waals surface area contributed by atoms with E-state index in [2.05, 4.69) is 0 Å². The SMILES string of the molecule is O=C(O)CN(CCN(CC(=O)O)CC(COP(=O)(O)OC1CCC(c2ccccc2)(c2ccccc2)CC1)N(CC(=O)O)CC(=O)O)CC(=O)O.O=C(O)CN1CCN(CC(=O)O)CCN(C(CO)C(O)CO)CCN(CC(=O)O)CC1.O=C(O)CN1CCN(CC(=O)O)CCN(CC(=O)O)CCN(CC(=O)O)CC1. The number of hydrogen-bond acceptors (Lipinski definition) is 29. The summed E-state index contributed by atoms with van der Waals surface area (Å²) < 4.78 is 24.2. The fourth-order valence-corrected chi connectivity index (χ4v) is 13.9. The van der Waals surface area contributed by atoms with Gasteiger partial charge in [0.1, 0.15) is 0 Å². The van der Waals surface area contributed by atoms with Gasteiger partial charge in [0.15, 0.2) is 0 Å². The van der Waals surface area contributed by atoms with Crippen LogP contribution < -0.4 is 0 Å². The second kappa shape index (κ2) is 50.5. The van der Waals surface area contributed by atoms with Crippen LogP contribution in [0, 0.1) is 0 Å². The Morgan fingerprint density at radius 1 is 0.409 bits per heavy atom. The zero-order chi connectivity index (χ0) is 82.1. The minimum absolute atomic E-state index is 0.229. The van der Waals surface area contributed by atoms with Gasteiger partial charge in [-0.3, -0.25) is 120 Å². The number of nitrogens with zero attached hydrogens (tertiary/aromatic N) is 11. The van der Waals surface area contributed by atoms with E-state index in [1.807, 2.05) is 60.7 Å². The van der Waals surface area contributed by atoms with Crippen LogP contribution in [-0.4, -0.2) is 454 Å². The smallest absolute Gasteiger partial charge is 0.472 e. The average Bonchev–Trinajstić information content (AvgIpc) is 0.768. The molecule has 42 nitrogen and oxygen atoms in total. The molecule has 2 heterocycles. The lowest BCUT2D eigenvalue weighted by Gasteiger charge is -2.41. The predicted molar refractivity (Wildman–Crippen MR) is 383 cm³/mol. The molecule has 2 aliphatic heterocycles. The molecular formula is C67H106N11O31P. The summed E-state index contributed by atoms with van der Waals surface area (Å²) in [6.45, 7) is -3.48. The quantitative estimate of drug-likeness (QED) is 0.0279. The monoisotopic (exact) mass is 1590 g/mol. The van der Waals surface area contributed by atoms with Gasteiger partial charge in [0, 0.05) is 136 Å². The van der Waals surface area contributed by atoms with Gasteiger partial charge >= 0.3 is 79.5 Å². The average molecular weight is 1590 g/mol. The van der Waals surface area contributed by atoms with Gasteiger partial charge < -0.3 is 81.5 Å². The molecular weight excluding hydrogens is 1490 g/mol. The molecule has 3 aliphatic rings.